The number of fused-ring (bicyclic) bond motifs is 1. The van der Waals surface area contributed by atoms with Gasteiger partial charge < -0.3 is 9.47 Å². The smallest absolute Gasteiger partial charge is 0.172 e. The SMILES string of the molecule is COc1ccc(CC(=O)c2cnn3cccnc23)c(OC)c1. The van der Waals surface area contributed by atoms with E-state index in [0.717, 1.165) is 5.56 Å². The Hall–Kier alpha value is -2.89. The van der Waals surface area contributed by atoms with Gasteiger partial charge in [0.25, 0.3) is 0 Å². The maximum absolute atomic E-state index is 12.5. The van der Waals surface area contributed by atoms with Crippen molar-refractivity contribution in [3.05, 3.63) is 54.0 Å². The van der Waals surface area contributed by atoms with E-state index in [1.165, 1.54) is 0 Å². The maximum Gasteiger partial charge on any atom is 0.172 e. The minimum Gasteiger partial charge on any atom is -0.497 e. The molecule has 3 aromatic rings. The van der Waals surface area contributed by atoms with Gasteiger partial charge in [0.05, 0.1) is 26.0 Å². The summed E-state index contributed by atoms with van der Waals surface area (Å²) in [6.07, 6.45) is 5.15. The van der Waals surface area contributed by atoms with E-state index in [4.69, 9.17) is 9.47 Å². The van der Waals surface area contributed by atoms with E-state index < -0.39 is 0 Å². The molecule has 0 N–H and O–H groups in total. The molecule has 0 amide bonds. The normalized spacial score (nSPS) is 10.6. The van der Waals surface area contributed by atoms with Crippen molar-refractivity contribution < 1.29 is 14.3 Å². The van der Waals surface area contributed by atoms with E-state index in [0.29, 0.717) is 22.7 Å². The Morgan fingerprint density at radius 2 is 2.14 bits per heavy atom. The van der Waals surface area contributed by atoms with Crippen LogP contribution in [-0.4, -0.2) is 34.6 Å². The molecule has 0 spiro atoms. The van der Waals surface area contributed by atoms with Crippen LogP contribution < -0.4 is 9.47 Å². The topological polar surface area (TPSA) is 65.7 Å². The van der Waals surface area contributed by atoms with Gasteiger partial charge in [-0.05, 0) is 12.1 Å². The van der Waals surface area contributed by atoms with Gasteiger partial charge in [-0.25, -0.2) is 9.50 Å². The summed E-state index contributed by atoms with van der Waals surface area (Å²) in [6, 6.07) is 7.16. The number of carbonyl (C=O) groups is 1. The number of ether oxygens (including phenoxy) is 2. The minimum atomic E-state index is -0.0582. The van der Waals surface area contributed by atoms with Gasteiger partial charge in [0.15, 0.2) is 11.4 Å². The van der Waals surface area contributed by atoms with Crippen molar-refractivity contribution in [3.8, 4) is 11.5 Å². The first-order chi connectivity index (χ1) is 10.7. The van der Waals surface area contributed by atoms with Crippen LogP contribution in [0, 0.1) is 0 Å². The zero-order chi connectivity index (χ0) is 15.5. The first kappa shape index (κ1) is 14.1. The molecule has 0 aliphatic heterocycles. The fraction of sp³-hybridized carbons (Fsp3) is 0.188. The number of nitrogens with zero attached hydrogens (tertiary/aromatic N) is 3. The van der Waals surface area contributed by atoms with E-state index in [1.54, 1.807) is 55.5 Å². The monoisotopic (exact) mass is 297 g/mol. The molecule has 0 saturated carbocycles. The summed E-state index contributed by atoms with van der Waals surface area (Å²) < 4.78 is 12.1. The molecule has 3 rings (SSSR count). The highest BCUT2D eigenvalue weighted by atomic mass is 16.5. The Kier molecular flexibility index (Phi) is 3.74. The van der Waals surface area contributed by atoms with Gasteiger partial charge in [0, 0.05) is 30.4 Å². The van der Waals surface area contributed by atoms with Crippen molar-refractivity contribution in [3.63, 3.8) is 0 Å². The van der Waals surface area contributed by atoms with Gasteiger partial charge in [0.2, 0.25) is 0 Å². The molecule has 0 bridgehead atoms. The predicted molar refractivity (Wildman–Crippen MR) is 80.6 cm³/mol. The fourth-order valence-corrected chi connectivity index (χ4v) is 2.29. The van der Waals surface area contributed by atoms with Crippen LogP contribution in [0.4, 0.5) is 0 Å². The molecule has 6 heteroatoms. The van der Waals surface area contributed by atoms with Crippen LogP contribution in [0.3, 0.4) is 0 Å². The fourth-order valence-electron chi connectivity index (χ4n) is 2.29. The summed E-state index contributed by atoms with van der Waals surface area (Å²) in [6.45, 7) is 0. The van der Waals surface area contributed by atoms with Crippen molar-refractivity contribution in [1.29, 1.82) is 0 Å². The van der Waals surface area contributed by atoms with Gasteiger partial charge in [-0.3, -0.25) is 4.79 Å². The van der Waals surface area contributed by atoms with E-state index in [9.17, 15) is 4.79 Å². The summed E-state index contributed by atoms with van der Waals surface area (Å²) >= 11 is 0. The largest absolute Gasteiger partial charge is 0.497 e. The van der Waals surface area contributed by atoms with Crippen molar-refractivity contribution in [2.45, 2.75) is 6.42 Å². The second-order valence-corrected chi connectivity index (χ2v) is 4.72. The third-order valence-corrected chi connectivity index (χ3v) is 3.42. The molecule has 0 saturated heterocycles. The molecule has 2 aromatic heterocycles. The number of hydrogen-bond acceptors (Lipinski definition) is 5. The second kappa shape index (κ2) is 5.85. The van der Waals surface area contributed by atoms with Crippen molar-refractivity contribution in [2.75, 3.05) is 14.2 Å². The Morgan fingerprint density at radius 1 is 1.27 bits per heavy atom. The minimum absolute atomic E-state index is 0.0582. The summed E-state index contributed by atoms with van der Waals surface area (Å²) in [4.78, 5) is 16.7. The molecule has 0 atom stereocenters. The van der Waals surface area contributed by atoms with Crippen LogP contribution in [0.5, 0.6) is 11.5 Å². The molecule has 0 unspecified atom stereocenters. The Balaban J connectivity index is 1.91. The second-order valence-electron chi connectivity index (χ2n) is 4.72. The summed E-state index contributed by atoms with van der Waals surface area (Å²) in [5, 5.41) is 4.13. The average molecular weight is 297 g/mol. The number of carbonyl (C=O) groups excluding carboxylic acids is 1. The average Bonchev–Trinajstić information content (AvgIpc) is 2.99. The number of rotatable bonds is 5. The lowest BCUT2D eigenvalue weighted by Gasteiger charge is -2.09. The molecule has 22 heavy (non-hydrogen) atoms. The van der Waals surface area contributed by atoms with E-state index in [-0.39, 0.29) is 12.2 Å². The lowest BCUT2D eigenvalue weighted by Crippen LogP contribution is -2.05. The summed E-state index contributed by atoms with van der Waals surface area (Å²) in [5.74, 6) is 1.25. The molecule has 2 heterocycles. The third kappa shape index (κ3) is 2.50. The maximum atomic E-state index is 12.5. The van der Waals surface area contributed by atoms with Crippen LogP contribution in [0.2, 0.25) is 0 Å². The third-order valence-electron chi connectivity index (χ3n) is 3.42. The molecule has 0 fully saturated rings. The highest BCUT2D eigenvalue weighted by Crippen LogP contribution is 2.26. The molecule has 1 aromatic carbocycles. The molecule has 0 radical (unpaired) electrons. The summed E-state index contributed by atoms with van der Waals surface area (Å²) in [7, 11) is 3.16. The number of methoxy groups -OCH3 is 2. The number of Topliss-reactive ketones (excluding diaryl/α,β-unsaturated/α-hetero) is 1. The van der Waals surface area contributed by atoms with Crippen LogP contribution in [0.15, 0.2) is 42.9 Å². The zero-order valence-corrected chi connectivity index (χ0v) is 12.3. The molecule has 6 nitrogen and oxygen atoms in total. The quantitative estimate of drug-likeness (QED) is 0.675. The van der Waals surface area contributed by atoms with Gasteiger partial charge >= 0.3 is 0 Å². The van der Waals surface area contributed by atoms with Crippen molar-refractivity contribution >= 4 is 11.4 Å². The molecule has 0 aliphatic rings. The Labute approximate surface area is 127 Å². The number of aromatic nitrogens is 3. The van der Waals surface area contributed by atoms with Gasteiger partial charge in [-0.2, -0.15) is 5.10 Å². The Morgan fingerprint density at radius 3 is 2.91 bits per heavy atom. The number of benzene rings is 1. The van der Waals surface area contributed by atoms with Crippen molar-refractivity contribution in [2.24, 2.45) is 0 Å². The standard InChI is InChI=1S/C16H15N3O3/c1-21-12-5-4-11(15(9-12)22-2)8-14(20)13-10-18-19-7-3-6-17-16(13)19/h3-7,9-10H,8H2,1-2H3. The molecular weight excluding hydrogens is 282 g/mol. The highest BCUT2D eigenvalue weighted by molar-refractivity contribution is 6.02. The Bertz CT molecular complexity index is 826. The number of ketones is 1. The van der Waals surface area contributed by atoms with E-state index >= 15 is 0 Å². The summed E-state index contributed by atoms with van der Waals surface area (Å²) in [5.41, 5.74) is 1.85. The first-order valence-corrected chi connectivity index (χ1v) is 6.75. The van der Waals surface area contributed by atoms with Crippen molar-refractivity contribution in [1.82, 2.24) is 14.6 Å². The lowest BCUT2D eigenvalue weighted by atomic mass is 10.0. The molecule has 0 aliphatic carbocycles. The van der Waals surface area contributed by atoms with E-state index in [1.807, 2.05) is 6.07 Å². The van der Waals surface area contributed by atoms with Crippen LogP contribution in [-0.2, 0) is 6.42 Å². The number of hydrogen-bond donors (Lipinski definition) is 0. The van der Waals surface area contributed by atoms with Crippen LogP contribution >= 0.6 is 0 Å². The van der Waals surface area contributed by atoms with Gasteiger partial charge in [-0.15, -0.1) is 0 Å². The zero-order valence-electron chi connectivity index (χ0n) is 12.3. The predicted octanol–water partition coefficient (Wildman–Crippen LogP) is 2.17. The highest BCUT2D eigenvalue weighted by Gasteiger charge is 2.16. The van der Waals surface area contributed by atoms with Gasteiger partial charge in [0.1, 0.15) is 11.5 Å². The van der Waals surface area contributed by atoms with Crippen LogP contribution in [0.25, 0.3) is 5.65 Å². The first-order valence-electron chi connectivity index (χ1n) is 6.75. The van der Waals surface area contributed by atoms with Gasteiger partial charge in [-0.1, -0.05) is 6.07 Å². The van der Waals surface area contributed by atoms with Crippen LogP contribution in [0.1, 0.15) is 15.9 Å². The lowest BCUT2D eigenvalue weighted by molar-refractivity contribution is 0.0993. The molecular formula is C16H15N3O3. The van der Waals surface area contributed by atoms with E-state index in [2.05, 4.69) is 10.1 Å². The molecule has 112 valence electrons.